The van der Waals surface area contributed by atoms with Crippen LogP contribution in [0.5, 0.6) is 0 Å². The maximum atomic E-state index is 12.4. The summed E-state index contributed by atoms with van der Waals surface area (Å²) in [7, 11) is 1.48. The fourth-order valence-corrected chi connectivity index (χ4v) is 2.56. The number of carbonyl (C=O) groups is 3. The summed E-state index contributed by atoms with van der Waals surface area (Å²) in [5.74, 6) is -1.80. The Kier molecular flexibility index (Phi) is 5.35. The number of amides is 3. The Labute approximate surface area is 118 Å². The van der Waals surface area contributed by atoms with Gasteiger partial charge in [0.15, 0.2) is 0 Å². The van der Waals surface area contributed by atoms with E-state index in [0.717, 1.165) is 0 Å². The molecule has 0 aromatic carbocycles. The Bertz CT molecular complexity index is 399. The summed E-state index contributed by atoms with van der Waals surface area (Å²) in [6.45, 7) is 3.87. The molecule has 3 amide bonds. The van der Waals surface area contributed by atoms with Gasteiger partial charge >= 0.3 is 12.0 Å². The zero-order valence-electron chi connectivity index (χ0n) is 12.2. The van der Waals surface area contributed by atoms with Crippen LogP contribution in [-0.2, 0) is 9.59 Å². The molecule has 7 nitrogen and oxygen atoms in total. The van der Waals surface area contributed by atoms with E-state index in [2.05, 4.69) is 0 Å². The molecule has 0 aliphatic carbocycles. The van der Waals surface area contributed by atoms with Crippen molar-refractivity contribution in [2.24, 2.45) is 11.7 Å². The summed E-state index contributed by atoms with van der Waals surface area (Å²) in [5.41, 5.74) is 5.30. The molecule has 3 unspecified atom stereocenters. The number of hydrogen-bond acceptors (Lipinski definition) is 3. The van der Waals surface area contributed by atoms with Gasteiger partial charge in [0, 0.05) is 19.6 Å². The number of primary amides is 1. The minimum Gasteiger partial charge on any atom is -0.480 e. The molecule has 1 aliphatic rings. The highest BCUT2D eigenvalue weighted by molar-refractivity contribution is 5.83. The molecular weight excluding hydrogens is 262 g/mol. The van der Waals surface area contributed by atoms with Crippen LogP contribution in [0.15, 0.2) is 0 Å². The van der Waals surface area contributed by atoms with Crippen LogP contribution in [0.1, 0.15) is 33.1 Å². The van der Waals surface area contributed by atoms with Crippen molar-refractivity contribution in [3.8, 4) is 0 Å². The standard InChI is InChI=1S/C13H23N3O4/c1-4-10(12(18)19)15(3)13(20)16-7-9(11(14)17)6-5-8(16)2/h8-10H,4-7H2,1-3H3,(H2,14,17)(H,18,19). The lowest BCUT2D eigenvalue weighted by Gasteiger charge is -2.40. The molecule has 0 spiro atoms. The van der Waals surface area contributed by atoms with Gasteiger partial charge in [0.25, 0.3) is 0 Å². The van der Waals surface area contributed by atoms with E-state index in [9.17, 15) is 14.4 Å². The monoisotopic (exact) mass is 285 g/mol. The fraction of sp³-hybridized carbons (Fsp3) is 0.769. The molecule has 1 aliphatic heterocycles. The van der Waals surface area contributed by atoms with Crippen LogP contribution in [-0.4, -0.2) is 58.5 Å². The highest BCUT2D eigenvalue weighted by atomic mass is 16.4. The predicted molar refractivity (Wildman–Crippen MR) is 73.0 cm³/mol. The molecule has 0 radical (unpaired) electrons. The van der Waals surface area contributed by atoms with Crippen molar-refractivity contribution in [2.45, 2.75) is 45.2 Å². The molecule has 1 rings (SSSR count). The van der Waals surface area contributed by atoms with Crippen LogP contribution in [0.25, 0.3) is 0 Å². The van der Waals surface area contributed by atoms with Gasteiger partial charge in [-0.2, -0.15) is 0 Å². The fourth-order valence-electron chi connectivity index (χ4n) is 2.56. The van der Waals surface area contributed by atoms with Crippen molar-refractivity contribution in [2.75, 3.05) is 13.6 Å². The van der Waals surface area contributed by atoms with Gasteiger partial charge in [-0.05, 0) is 26.2 Å². The Morgan fingerprint density at radius 2 is 2.00 bits per heavy atom. The van der Waals surface area contributed by atoms with E-state index in [1.54, 1.807) is 11.8 Å². The van der Waals surface area contributed by atoms with Crippen LogP contribution >= 0.6 is 0 Å². The van der Waals surface area contributed by atoms with E-state index in [0.29, 0.717) is 19.3 Å². The molecule has 0 aromatic heterocycles. The van der Waals surface area contributed by atoms with E-state index < -0.39 is 17.9 Å². The Morgan fingerprint density at radius 3 is 2.45 bits per heavy atom. The summed E-state index contributed by atoms with van der Waals surface area (Å²) in [5, 5.41) is 9.11. The van der Waals surface area contributed by atoms with Crippen LogP contribution in [0.2, 0.25) is 0 Å². The first kappa shape index (κ1) is 16.3. The highest BCUT2D eigenvalue weighted by Crippen LogP contribution is 2.23. The second-order valence-electron chi connectivity index (χ2n) is 5.33. The van der Waals surface area contributed by atoms with Crippen LogP contribution < -0.4 is 5.73 Å². The SMILES string of the molecule is CCC(C(=O)O)N(C)C(=O)N1CC(C(N)=O)CCC1C. The number of likely N-dealkylation sites (tertiary alicyclic amines) is 1. The topological polar surface area (TPSA) is 104 Å². The van der Waals surface area contributed by atoms with Gasteiger partial charge in [0.1, 0.15) is 6.04 Å². The molecule has 3 N–H and O–H groups in total. The molecule has 0 aromatic rings. The lowest BCUT2D eigenvalue weighted by atomic mass is 9.93. The maximum Gasteiger partial charge on any atom is 0.326 e. The number of carboxylic acid groups (broad SMARTS) is 1. The summed E-state index contributed by atoms with van der Waals surface area (Å²) >= 11 is 0. The molecule has 114 valence electrons. The summed E-state index contributed by atoms with van der Waals surface area (Å²) in [6.07, 6.45) is 1.69. The normalized spacial score (nSPS) is 24.1. The second kappa shape index (κ2) is 6.58. The smallest absolute Gasteiger partial charge is 0.326 e. The van der Waals surface area contributed by atoms with Crippen molar-refractivity contribution in [3.63, 3.8) is 0 Å². The number of piperidine rings is 1. The van der Waals surface area contributed by atoms with Gasteiger partial charge in [-0.3, -0.25) is 4.79 Å². The molecule has 3 atom stereocenters. The third-order valence-electron chi connectivity index (χ3n) is 3.97. The third kappa shape index (κ3) is 3.40. The minimum absolute atomic E-state index is 0.0214. The molecular formula is C13H23N3O4. The first-order valence-electron chi connectivity index (χ1n) is 6.85. The van der Waals surface area contributed by atoms with E-state index in [1.165, 1.54) is 11.9 Å². The highest BCUT2D eigenvalue weighted by Gasteiger charge is 2.35. The van der Waals surface area contributed by atoms with Crippen LogP contribution in [0.3, 0.4) is 0 Å². The summed E-state index contributed by atoms with van der Waals surface area (Å²) in [4.78, 5) is 37.6. The number of rotatable bonds is 4. The Morgan fingerprint density at radius 1 is 1.40 bits per heavy atom. The third-order valence-corrected chi connectivity index (χ3v) is 3.97. The van der Waals surface area contributed by atoms with E-state index in [1.807, 2.05) is 6.92 Å². The molecule has 7 heteroatoms. The van der Waals surface area contributed by atoms with Crippen molar-refractivity contribution >= 4 is 17.9 Å². The van der Waals surface area contributed by atoms with Crippen LogP contribution in [0, 0.1) is 5.92 Å². The van der Waals surface area contributed by atoms with Gasteiger partial charge in [-0.15, -0.1) is 0 Å². The predicted octanol–water partition coefficient (Wildman–Crippen LogP) is 0.487. The first-order chi connectivity index (χ1) is 9.29. The Hall–Kier alpha value is -1.79. The summed E-state index contributed by atoms with van der Waals surface area (Å²) in [6, 6.07) is -1.24. The largest absolute Gasteiger partial charge is 0.480 e. The zero-order chi connectivity index (χ0) is 15.4. The van der Waals surface area contributed by atoms with Gasteiger partial charge < -0.3 is 20.6 Å². The number of carboxylic acids is 1. The zero-order valence-corrected chi connectivity index (χ0v) is 12.2. The van der Waals surface area contributed by atoms with Crippen molar-refractivity contribution in [3.05, 3.63) is 0 Å². The number of urea groups is 1. The molecule has 0 saturated carbocycles. The number of aliphatic carboxylic acids is 1. The molecule has 1 fully saturated rings. The van der Waals surface area contributed by atoms with Crippen LogP contribution in [0.4, 0.5) is 4.79 Å². The first-order valence-corrected chi connectivity index (χ1v) is 6.85. The van der Waals surface area contributed by atoms with Crippen molar-refractivity contribution < 1.29 is 19.5 Å². The van der Waals surface area contributed by atoms with Crippen molar-refractivity contribution in [1.29, 1.82) is 0 Å². The Balaban J connectivity index is 2.82. The van der Waals surface area contributed by atoms with E-state index in [4.69, 9.17) is 10.8 Å². The number of likely N-dealkylation sites (N-methyl/N-ethyl adjacent to an activating group) is 1. The number of carbonyl (C=O) groups excluding carboxylic acids is 2. The maximum absolute atomic E-state index is 12.4. The number of nitrogens with zero attached hydrogens (tertiary/aromatic N) is 2. The summed E-state index contributed by atoms with van der Waals surface area (Å²) < 4.78 is 0. The number of hydrogen-bond donors (Lipinski definition) is 2. The number of nitrogens with two attached hydrogens (primary N) is 1. The quantitative estimate of drug-likeness (QED) is 0.784. The molecule has 20 heavy (non-hydrogen) atoms. The average Bonchev–Trinajstić information content (AvgIpc) is 2.38. The van der Waals surface area contributed by atoms with Gasteiger partial charge in [0.05, 0.1) is 5.92 Å². The lowest BCUT2D eigenvalue weighted by Crippen LogP contribution is -2.55. The minimum atomic E-state index is -1.03. The van der Waals surface area contributed by atoms with Crippen molar-refractivity contribution in [1.82, 2.24) is 9.80 Å². The van der Waals surface area contributed by atoms with E-state index >= 15 is 0 Å². The second-order valence-corrected chi connectivity index (χ2v) is 5.33. The molecule has 1 heterocycles. The van der Waals surface area contributed by atoms with Gasteiger partial charge in [0.2, 0.25) is 5.91 Å². The molecule has 1 saturated heterocycles. The average molecular weight is 285 g/mol. The van der Waals surface area contributed by atoms with Gasteiger partial charge in [-0.25, -0.2) is 9.59 Å². The van der Waals surface area contributed by atoms with E-state index in [-0.39, 0.29) is 24.5 Å². The lowest BCUT2D eigenvalue weighted by molar-refractivity contribution is -0.142. The van der Waals surface area contributed by atoms with Gasteiger partial charge in [-0.1, -0.05) is 6.92 Å². The molecule has 0 bridgehead atoms.